The molecule has 2 heterocycles. The standard InChI is InChI=1S/C20H21N3O2/c1-13-10-19(21)22-14(2)16(13)8-9-18(24)17-12-25-20(23-17)11-15-6-4-3-5-7-15/h3-7,10,12H,8-9,11H2,1-2H3,(H2,21,22). The number of ketones is 1. The molecule has 0 saturated heterocycles. The highest BCUT2D eigenvalue weighted by Crippen LogP contribution is 2.18. The SMILES string of the molecule is Cc1cc(N)nc(C)c1CCC(=O)c1coc(Cc2ccccc2)n1. The average molecular weight is 335 g/mol. The molecule has 5 nitrogen and oxygen atoms in total. The molecular formula is C20H21N3O2. The van der Waals surface area contributed by atoms with Crippen LogP contribution in [0, 0.1) is 13.8 Å². The third-order valence-corrected chi connectivity index (χ3v) is 4.21. The van der Waals surface area contributed by atoms with E-state index in [4.69, 9.17) is 10.2 Å². The fourth-order valence-corrected chi connectivity index (χ4v) is 2.92. The summed E-state index contributed by atoms with van der Waals surface area (Å²) in [5, 5.41) is 0. The zero-order valence-corrected chi connectivity index (χ0v) is 14.5. The molecule has 0 saturated carbocycles. The molecule has 5 heteroatoms. The zero-order chi connectivity index (χ0) is 17.8. The first-order valence-electron chi connectivity index (χ1n) is 8.27. The Kier molecular flexibility index (Phi) is 4.93. The number of pyridine rings is 1. The largest absolute Gasteiger partial charge is 0.448 e. The van der Waals surface area contributed by atoms with Crippen LogP contribution in [0.5, 0.6) is 0 Å². The monoisotopic (exact) mass is 335 g/mol. The van der Waals surface area contributed by atoms with E-state index >= 15 is 0 Å². The summed E-state index contributed by atoms with van der Waals surface area (Å²) in [6, 6.07) is 11.7. The van der Waals surface area contributed by atoms with E-state index in [-0.39, 0.29) is 5.78 Å². The molecule has 0 atom stereocenters. The van der Waals surface area contributed by atoms with Crippen LogP contribution in [-0.2, 0) is 12.8 Å². The molecule has 3 rings (SSSR count). The Bertz CT molecular complexity index is 862. The lowest BCUT2D eigenvalue weighted by Gasteiger charge is -2.09. The first-order chi connectivity index (χ1) is 12.0. The Balaban J connectivity index is 1.64. The lowest BCUT2D eigenvalue weighted by molar-refractivity contribution is 0.0978. The van der Waals surface area contributed by atoms with Crippen molar-refractivity contribution in [3.05, 3.63) is 76.6 Å². The predicted octanol–water partition coefficient (Wildman–Crippen LogP) is 3.67. The molecule has 2 N–H and O–H groups in total. The normalized spacial score (nSPS) is 10.8. The van der Waals surface area contributed by atoms with Crippen molar-refractivity contribution in [3.63, 3.8) is 0 Å². The first kappa shape index (κ1) is 16.9. The van der Waals surface area contributed by atoms with E-state index in [2.05, 4.69) is 9.97 Å². The number of carbonyl (C=O) groups is 1. The van der Waals surface area contributed by atoms with Crippen LogP contribution in [0.15, 0.2) is 47.1 Å². The first-order valence-corrected chi connectivity index (χ1v) is 8.27. The predicted molar refractivity (Wildman–Crippen MR) is 96.5 cm³/mol. The van der Waals surface area contributed by atoms with Gasteiger partial charge in [0.1, 0.15) is 17.8 Å². The van der Waals surface area contributed by atoms with Crippen molar-refractivity contribution in [2.24, 2.45) is 0 Å². The van der Waals surface area contributed by atoms with Crippen LogP contribution in [0.25, 0.3) is 0 Å². The Morgan fingerprint density at radius 3 is 2.64 bits per heavy atom. The van der Waals surface area contributed by atoms with Gasteiger partial charge in [-0.2, -0.15) is 0 Å². The summed E-state index contributed by atoms with van der Waals surface area (Å²) >= 11 is 0. The Morgan fingerprint density at radius 1 is 1.16 bits per heavy atom. The minimum atomic E-state index is -0.0290. The van der Waals surface area contributed by atoms with Gasteiger partial charge in [0.2, 0.25) is 0 Å². The molecule has 0 amide bonds. The van der Waals surface area contributed by atoms with E-state index in [1.54, 1.807) is 0 Å². The molecule has 0 spiro atoms. The van der Waals surface area contributed by atoms with E-state index < -0.39 is 0 Å². The number of rotatable bonds is 6. The van der Waals surface area contributed by atoms with Crippen molar-refractivity contribution >= 4 is 11.6 Å². The molecule has 0 aliphatic rings. The third kappa shape index (κ3) is 4.12. The highest BCUT2D eigenvalue weighted by atomic mass is 16.3. The minimum Gasteiger partial charge on any atom is -0.448 e. The van der Waals surface area contributed by atoms with E-state index in [1.165, 1.54) is 6.26 Å². The maximum Gasteiger partial charge on any atom is 0.199 e. The maximum atomic E-state index is 12.4. The number of hydrogen-bond donors (Lipinski definition) is 1. The van der Waals surface area contributed by atoms with Crippen molar-refractivity contribution in [1.29, 1.82) is 0 Å². The maximum absolute atomic E-state index is 12.4. The van der Waals surface area contributed by atoms with Gasteiger partial charge in [-0.3, -0.25) is 4.79 Å². The van der Waals surface area contributed by atoms with Crippen molar-refractivity contribution < 1.29 is 9.21 Å². The lowest BCUT2D eigenvalue weighted by atomic mass is 10.0. The molecule has 128 valence electrons. The summed E-state index contributed by atoms with van der Waals surface area (Å²) in [7, 11) is 0. The molecular weight excluding hydrogens is 314 g/mol. The van der Waals surface area contributed by atoms with E-state index in [9.17, 15) is 4.79 Å². The second-order valence-electron chi connectivity index (χ2n) is 6.14. The van der Waals surface area contributed by atoms with Gasteiger partial charge in [-0.25, -0.2) is 9.97 Å². The summed E-state index contributed by atoms with van der Waals surface area (Å²) in [4.78, 5) is 21.0. The van der Waals surface area contributed by atoms with Gasteiger partial charge < -0.3 is 10.2 Å². The van der Waals surface area contributed by atoms with E-state index in [0.29, 0.717) is 36.7 Å². The van der Waals surface area contributed by atoms with Gasteiger partial charge in [-0.05, 0) is 43.0 Å². The molecule has 0 bridgehead atoms. The molecule has 1 aromatic carbocycles. The summed E-state index contributed by atoms with van der Waals surface area (Å²) < 4.78 is 5.44. The van der Waals surface area contributed by atoms with Gasteiger partial charge in [0.25, 0.3) is 0 Å². The van der Waals surface area contributed by atoms with Crippen LogP contribution in [0.3, 0.4) is 0 Å². The molecule has 0 aliphatic carbocycles. The van der Waals surface area contributed by atoms with Crippen LogP contribution in [0.2, 0.25) is 0 Å². The fourth-order valence-electron chi connectivity index (χ4n) is 2.92. The highest BCUT2D eigenvalue weighted by Gasteiger charge is 2.14. The topological polar surface area (TPSA) is 82.0 Å². The van der Waals surface area contributed by atoms with Gasteiger partial charge in [-0.1, -0.05) is 30.3 Å². The summed E-state index contributed by atoms with van der Waals surface area (Å²) in [5.41, 5.74) is 10.2. The molecule has 0 unspecified atom stereocenters. The molecule has 0 aliphatic heterocycles. The van der Waals surface area contributed by atoms with Crippen LogP contribution >= 0.6 is 0 Å². The highest BCUT2D eigenvalue weighted by molar-refractivity contribution is 5.94. The van der Waals surface area contributed by atoms with Crippen molar-refractivity contribution in [1.82, 2.24) is 9.97 Å². The number of oxazole rings is 1. The number of nitrogens with zero attached hydrogens (tertiary/aromatic N) is 2. The number of aryl methyl sites for hydroxylation is 2. The molecule has 0 fully saturated rings. The van der Waals surface area contributed by atoms with Crippen LogP contribution < -0.4 is 5.73 Å². The van der Waals surface area contributed by atoms with E-state index in [1.807, 2.05) is 50.2 Å². The number of benzene rings is 1. The minimum absolute atomic E-state index is 0.0290. The van der Waals surface area contributed by atoms with Gasteiger partial charge in [0, 0.05) is 18.5 Å². The van der Waals surface area contributed by atoms with E-state index in [0.717, 1.165) is 22.4 Å². The number of Topliss-reactive ketones (excluding diaryl/α,β-unsaturated/α-hetero) is 1. The number of aromatic nitrogens is 2. The van der Waals surface area contributed by atoms with Crippen LogP contribution in [0.1, 0.15) is 45.2 Å². The molecule has 0 radical (unpaired) electrons. The molecule has 25 heavy (non-hydrogen) atoms. The second-order valence-corrected chi connectivity index (χ2v) is 6.14. The Morgan fingerprint density at radius 2 is 1.92 bits per heavy atom. The number of nitrogen functional groups attached to an aromatic ring is 1. The summed E-state index contributed by atoms with van der Waals surface area (Å²) in [6.07, 6.45) is 3.00. The van der Waals surface area contributed by atoms with Crippen LogP contribution in [0.4, 0.5) is 5.82 Å². The van der Waals surface area contributed by atoms with Crippen molar-refractivity contribution in [3.8, 4) is 0 Å². The number of hydrogen-bond acceptors (Lipinski definition) is 5. The quantitative estimate of drug-likeness (QED) is 0.695. The van der Waals surface area contributed by atoms with Gasteiger partial charge in [0.05, 0.1) is 0 Å². The summed E-state index contributed by atoms with van der Waals surface area (Å²) in [6.45, 7) is 3.90. The summed E-state index contributed by atoms with van der Waals surface area (Å²) in [5.74, 6) is 1.03. The number of anilines is 1. The van der Waals surface area contributed by atoms with Gasteiger partial charge in [0.15, 0.2) is 11.7 Å². The van der Waals surface area contributed by atoms with Crippen molar-refractivity contribution in [2.45, 2.75) is 33.1 Å². The Labute approximate surface area is 146 Å². The number of carbonyl (C=O) groups excluding carboxylic acids is 1. The Hall–Kier alpha value is -2.95. The van der Waals surface area contributed by atoms with Crippen molar-refractivity contribution in [2.75, 3.05) is 5.73 Å². The third-order valence-electron chi connectivity index (χ3n) is 4.21. The average Bonchev–Trinajstić information content (AvgIpc) is 3.03. The van der Waals surface area contributed by atoms with Crippen LogP contribution in [-0.4, -0.2) is 15.8 Å². The number of nitrogens with two attached hydrogens (primary N) is 1. The smallest absolute Gasteiger partial charge is 0.199 e. The fraction of sp³-hybridized carbons (Fsp3) is 0.250. The molecule has 2 aromatic heterocycles. The molecule has 3 aromatic rings. The second kappa shape index (κ2) is 7.30. The zero-order valence-electron chi connectivity index (χ0n) is 14.5. The van der Waals surface area contributed by atoms with Gasteiger partial charge >= 0.3 is 0 Å². The van der Waals surface area contributed by atoms with Gasteiger partial charge in [-0.15, -0.1) is 0 Å². The lowest BCUT2D eigenvalue weighted by Crippen LogP contribution is -2.06.